The van der Waals surface area contributed by atoms with Crippen LogP contribution in [-0.2, 0) is 0 Å². The highest BCUT2D eigenvalue weighted by Crippen LogP contribution is 2.24. The zero-order valence-corrected chi connectivity index (χ0v) is 17.5. The summed E-state index contributed by atoms with van der Waals surface area (Å²) in [5.41, 5.74) is 2.85. The van der Waals surface area contributed by atoms with Gasteiger partial charge >= 0.3 is 0 Å². The van der Waals surface area contributed by atoms with E-state index in [0.717, 1.165) is 67.6 Å². The van der Waals surface area contributed by atoms with Gasteiger partial charge in [-0.15, -0.1) is 0 Å². The summed E-state index contributed by atoms with van der Waals surface area (Å²) in [6, 6.07) is 9.10. The fourth-order valence-corrected chi connectivity index (χ4v) is 4.73. The first-order valence-corrected chi connectivity index (χ1v) is 11.3. The zero-order chi connectivity index (χ0) is 20.2. The molecule has 0 atom stereocenters. The predicted octanol–water partition coefficient (Wildman–Crippen LogP) is 3.43. The number of nitrogens with zero attached hydrogens (tertiary/aromatic N) is 3. The van der Waals surface area contributed by atoms with Gasteiger partial charge in [0.15, 0.2) is 0 Å². The Balaban J connectivity index is 1.50. The van der Waals surface area contributed by atoms with Crippen LogP contribution in [0.2, 0.25) is 0 Å². The van der Waals surface area contributed by atoms with Crippen LogP contribution in [-0.4, -0.2) is 59.4 Å². The van der Waals surface area contributed by atoms with Crippen molar-refractivity contribution in [3.63, 3.8) is 0 Å². The first-order chi connectivity index (χ1) is 14.1. The SMILES string of the molecule is Cc1cc(C(=O)N2CCSCC2)ccc1NC(=O)c1cccnc1N1CCCC1. The normalized spacial score (nSPS) is 16.7. The summed E-state index contributed by atoms with van der Waals surface area (Å²) in [7, 11) is 0. The summed E-state index contributed by atoms with van der Waals surface area (Å²) in [5, 5.41) is 3.00. The Labute approximate surface area is 175 Å². The van der Waals surface area contributed by atoms with Gasteiger partial charge in [-0.3, -0.25) is 9.59 Å². The molecule has 0 bridgehead atoms. The Hall–Kier alpha value is -2.54. The molecule has 2 aliphatic heterocycles. The highest BCUT2D eigenvalue weighted by Gasteiger charge is 2.22. The van der Waals surface area contributed by atoms with Gasteiger partial charge in [-0.1, -0.05) is 0 Å². The molecule has 29 heavy (non-hydrogen) atoms. The number of anilines is 2. The van der Waals surface area contributed by atoms with Crippen LogP contribution < -0.4 is 10.2 Å². The average molecular weight is 411 g/mol. The third kappa shape index (κ3) is 4.40. The van der Waals surface area contributed by atoms with Gasteiger partial charge in [-0.2, -0.15) is 11.8 Å². The molecule has 1 aromatic heterocycles. The number of nitrogens with one attached hydrogen (secondary N) is 1. The van der Waals surface area contributed by atoms with Gasteiger partial charge in [0.1, 0.15) is 5.82 Å². The van der Waals surface area contributed by atoms with Crippen molar-refractivity contribution in [3.05, 3.63) is 53.2 Å². The molecule has 0 saturated carbocycles. The molecule has 1 N–H and O–H groups in total. The smallest absolute Gasteiger partial charge is 0.259 e. The maximum Gasteiger partial charge on any atom is 0.259 e. The third-order valence-corrected chi connectivity index (χ3v) is 6.40. The monoisotopic (exact) mass is 410 g/mol. The molecule has 6 nitrogen and oxygen atoms in total. The van der Waals surface area contributed by atoms with Crippen LogP contribution in [0, 0.1) is 6.92 Å². The quantitative estimate of drug-likeness (QED) is 0.837. The topological polar surface area (TPSA) is 65.5 Å². The van der Waals surface area contributed by atoms with Gasteiger partial charge < -0.3 is 15.1 Å². The lowest BCUT2D eigenvalue weighted by atomic mass is 10.1. The summed E-state index contributed by atoms with van der Waals surface area (Å²) >= 11 is 1.88. The number of aromatic nitrogens is 1. The maximum absolute atomic E-state index is 13.0. The number of pyridine rings is 1. The van der Waals surface area contributed by atoms with Crippen LogP contribution in [0.15, 0.2) is 36.5 Å². The number of amides is 2. The Morgan fingerprint density at radius 1 is 1.07 bits per heavy atom. The minimum atomic E-state index is -0.171. The van der Waals surface area contributed by atoms with Crippen molar-refractivity contribution in [2.24, 2.45) is 0 Å². The molecule has 2 fully saturated rings. The summed E-state index contributed by atoms with van der Waals surface area (Å²) in [4.78, 5) is 34.2. The van der Waals surface area contributed by atoms with E-state index in [-0.39, 0.29) is 11.8 Å². The van der Waals surface area contributed by atoms with Crippen LogP contribution >= 0.6 is 11.8 Å². The lowest BCUT2D eigenvalue weighted by Crippen LogP contribution is -2.37. The van der Waals surface area contributed by atoms with Crippen molar-refractivity contribution >= 4 is 35.1 Å². The second kappa shape index (κ2) is 8.86. The fraction of sp³-hybridized carbons (Fsp3) is 0.409. The number of carbonyl (C=O) groups is 2. The van der Waals surface area contributed by atoms with E-state index in [1.54, 1.807) is 18.3 Å². The molecule has 0 spiro atoms. The van der Waals surface area contributed by atoms with E-state index in [0.29, 0.717) is 11.1 Å². The molecule has 2 amide bonds. The minimum absolute atomic E-state index is 0.0647. The van der Waals surface area contributed by atoms with Crippen molar-refractivity contribution in [3.8, 4) is 0 Å². The lowest BCUT2D eigenvalue weighted by molar-refractivity contribution is 0.0772. The van der Waals surface area contributed by atoms with Crippen LogP contribution in [0.4, 0.5) is 11.5 Å². The summed E-state index contributed by atoms with van der Waals surface area (Å²) < 4.78 is 0. The van der Waals surface area contributed by atoms with E-state index in [2.05, 4.69) is 15.2 Å². The molecule has 2 saturated heterocycles. The standard InChI is InChI=1S/C22H26N4O2S/c1-16-15-17(22(28)26-11-13-29-14-12-26)6-7-19(16)24-21(27)18-5-4-8-23-20(18)25-9-2-3-10-25/h4-8,15H,2-3,9-14H2,1H3,(H,24,27). The van der Waals surface area contributed by atoms with Gasteiger partial charge in [0.2, 0.25) is 0 Å². The molecule has 2 aliphatic rings. The molecule has 0 unspecified atom stereocenters. The Kier molecular flexibility index (Phi) is 6.04. The molecule has 2 aromatic rings. The number of hydrogen-bond donors (Lipinski definition) is 1. The first-order valence-electron chi connectivity index (χ1n) is 10.1. The minimum Gasteiger partial charge on any atom is -0.356 e. The molecule has 152 valence electrons. The van der Waals surface area contributed by atoms with Gasteiger partial charge in [0.05, 0.1) is 5.56 Å². The first kappa shape index (κ1) is 19.8. The van der Waals surface area contributed by atoms with Crippen molar-refractivity contribution in [2.45, 2.75) is 19.8 Å². The molecule has 7 heteroatoms. The molecular weight excluding hydrogens is 384 g/mol. The maximum atomic E-state index is 13.0. The molecular formula is C22H26N4O2S. The summed E-state index contributed by atoms with van der Waals surface area (Å²) in [6.07, 6.45) is 3.99. The van der Waals surface area contributed by atoms with E-state index in [4.69, 9.17) is 0 Å². The Morgan fingerprint density at radius 3 is 2.55 bits per heavy atom. The number of aryl methyl sites for hydroxylation is 1. The molecule has 4 rings (SSSR count). The van der Waals surface area contributed by atoms with E-state index in [9.17, 15) is 9.59 Å². The van der Waals surface area contributed by atoms with Crippen molar-refractivity contribution < 1.29 is 9.59 Å². The molecule has 1 aromatic carbocycles. The average Bonchev–Trinajstić information content (AvgIpc) is 3.30. The third-order valence-electron chi connectivity index (χ3n) is 5.46. The predicted molar refractivity (Wildman–Crippen MR) is 118 cm³/mol. The van der Waals surface area contributed by atoms with Gasteiger partial charge in [0, 0.05) is 55.1 Å². The fourth-order valence-electron chi connectivity index (χ4n) is 3.83. The van der Waals surface area contributed by atoms with E-state index < -0.39 is 0 Å². The highest BCUT2D eigenvalue weighted by atomic mass is 32.2. The Bertz CT molecular complexity index is 905. The molecule has 0 aliphatic carbocycles. The second-order valence-electron chi connectivity index (χ2n) is 7.46. The van der Waals surface area contributed by atoms with Gasteiger partial charge in [-0.25, -0.2) is 4.98 Å². The number of hydrogen-bond acceptors (Lipinski definition) is 5. The largest absolute Gasteiger partial charge is 0.356 e. The van der Waals surface area contributed by atoms with Crippen molar-refractivity contribution in [1.29, 1.82) is 0 Å². The number of benzene rings is 1. The van der Waals surface area contributed by atoms with Crippen LogP contribution in [0.3, 0.4) is 0 Å². The van der Waals surface area contributed by atoms with Crippen LogP contribution in [0.1, 0.15) is 39.1 Å². The number of carbonyl (C=O) groups excluding carboxylic acids is 2. The number of thioether (sulfide) groups is 1. The summed E-state index contributed by atoms with van der Waals surface area (Å²) in [5.74, 6) is 2.62. The highest BCUT2D eigenvalue weighted by molar-refractivity contribution is 7.99. The van der Waals surface area contributed by atoms with Crippen molar-refractivity contribution in [1.82, 2.24) is 9.88 Å². The number of rotatable bonds is 4. The molecule has 3 heterocycles. The van der Waals surface area contributed by atoms with Crippen LogP contribution in [0.5, 0.6) is 0 Å². The van der Waals surface area contributed by atoms with E-state index >= 15 is 0 Å². The van der Waals surface area contributed by atoms with Crippen LogP contribution in [0.25, 0.3) is 0 Å². The Morgan fingerprint density at radius 2 is 1.83 bits per heavy atom. The lowest BCUT2D eigenvalue weighted by Gasteiger charge is -2.26. The van der Waals surface area contributed by atoms with Gasteiger partial charge in [-0.05, 0) is 55.7 Å². The van der Waals surface area contributed by atoms with Gasteiger partial charge in [0.25, 0.3) is 11.8 Å². The summed E-state index contributed by atoms with van der Waals surface area (Å²) in [6.45, 7) is 5.37. The van der Waals surface area contributed by atoms with E-state index in [1.807, 2.05) is 41.8 Å². The second-order valence-corrected chi connectivity index (χ2v) is 8.68. The zero-order valence-electron chi connectivity index (χ0n) is 16.7. The molecule has 0 radical (unpaired) electrons. The van der Waals surface area contributed by atoms with Crippen molar-refractivity contribution in [2.75, 3.05) is 47.9 Å². The van der Waals surface area contributed by atoms with E-state index in [1.165, 1.54) is 0 Å².